The molecule has 1 heterocycles. The van der Waals surface area contributed by atoms with Gasteiger partial charge >= 0.3 is 6.18 Å². The summed E-state index contributed by atoms with van der Waals surface area (Å²) >= 11 is 0. The summed E-state index contributed by atoms with van der Waals surface area (Å²) in [6, 6.07) is 0. The van der Waals surface area contributed by atoms with Gasteiger partial charge in [-0.3, -0.25) is 4.98 Å². The second-order valence-electron chi connectivity index (χ2n) is 4.68. The molecule has 0 radical (unpaired) electrons. The van der Waals surface area contributed by atoms with E-state index in [9.17, 15) is 13.2 Å². The van der Waals surface area contributed by atoms with Crippen LogP contribution in [-0.4, -0.2) is 28.8 Å². The van der Waals surface area contributed by atoms with E-state index in [1.54, 1.807) is 0 Å². The Hall–Kier alpha value is -1.37. The second kappa shape index (κ2) is 6.70. The van der Waals surface area contributed by atoms with E-state index in [1.165, 1.54) is 12.4 Å². The molecule has 1 aromatic heterocycles. The van der Waals surface area contributed by atoms with Crippen molar-refractivity contribution in [3.63, 3.8) is 0 Å². The summed E-state index contributed by atoms with van der Waals surface area (Å²) < 4.78 is 41.7. The van der Waals surface area contributed by atoms with Crippen molar-refractivity contribution in [2.75, 3.05) is 6.54 Å². The molecule has 0 saturated carbocycles. The smallest absolute Gasteiger partial charge is 0.425 e. The number of halogens is 3. The minimum Gasteiger partial charge on any atom is -0.464 e. The van der Waals surface area contributed by atoms with Gasteiger partial charge in [0.25, 0.3) is 0 Å². The van der Waals surface area contributed by atoms with E-state index >= 15 is 0 Å². The van der Waals surface area contributed by atoms with Crippen LogP contribution < -0.4 is 10.1 Å². The highest BCUT2D eigenvalue weighted by Crippen LogP contribution is 2.23. The molecule has 0 amide bonds. The van der Waals surface area contributed by atoms with Gasteiger partial charge in [-0.1, -0.05) is 13.8 Å². The standard InChI is InChI=1S/C12H18F3N3O/c1-8(2)4-16-5-10-6-17-7-11(18-10)19-9(3)12(13,14)15/h6-9,16H,4-5H2,1-3H3. The molecule has 0 aliphatic rings. The maximum atomic E-state index is 12.3. The van der Waals surface area contributed by atoms with Gasteiger partial charge in [0.2, 0.25) is 5.88 Å². The zero-order valence-corrected chi connectivity index (χ0v) is 11.2. The van der Waals surface area contributed by atoms with Crippen molar-refractivity contribution in [3.05, 3.63) is 18.1 Å². The maximum absolute atomic E-state index is 12.3. The molecule has 1 N–H and O–H groups in total. The quantitative estimate of drug-likeness (QED) is 0.868. The molecule has 7 heteroatoms. The molecule has 0 fully saturated rings. The second-order valence-corrected chi connectivity index (χ2v) is 4.68. The van der Waals surface area contributed by atoms with Crippen molar-refractivity contribution in [1.29, 1.82) is 0 Å². The minimum absolute atomic E-state index is 0.117. The van der Waals surface area contributed by atoms with E-state index in [4.69, 9.17) is 4.74 Å². The monoisotopic (exact) mass is 277 g/mol. The fourth-order valence-electron chi connectivity index (χ4n) is 1.27. The Morgan fingerprint density at radius 3 is 2.53 bits per heavy atom. The molecule has 4 nitrogen and oxygen atoms in total. The van der Waals surface area contributed by atoms with Gasteiger partial charge in [0, 0.05) is 12.7 Å². The summed E-state index contributed by atoms with van der Waals surface area (Å²) in [6.07, 6.45) is -3.64. The highest BCUT2D eigenvalue weighted by Gasteiger charge is 2.38. The highest BCUT2D eigenvalue weighted by atomic mass is 19.4. The Labute approximate surface area is 110 Å². The van der Waals surface area contributed by atoms with Crippen LogP contribution in [0.3, 0.4) is 0 Å². The SMILES string of the molecule is CC(C)CNCc1cncc(OC(C)C(F)(F)F)n1. The first kappa shape index (κ1) is 15.7. The summed E-state index contributed by atoms with van der Waals surface area (Å²) in [5, 5.41) is 3.13. The van der Waals surface area contributed by atoms with Crippen molar-refractivity contribution in [2.24, 2.45) is 5.92 Å². The third-order valence-corrected chi connectivity index (χ3v) is 2.28. The van der Waals surface area contributed by atoms with Crippen LogP contribution in [0.1, 0.15) is 26.5 Å². The Bertz CT molecular complexity index is 396. The van der Waals surface area contributed by atoms with E-state index in [1.807, 2.05) is 0 Å². The molecule has 0 aromatic carbocycles. The summed E-state index contributed by atoms with van der Waals surface area (Å²) in [7, 11) is 0. The molecule has 1 atom stereocenters. The number of hydrogen-bond acceptors (Lipinski definition) is 4. The van der Waals surface area contributed by atoms with Crippen LogP contribution in [0.4, 0.5) is 13.2 Å². The average molecular weight is 277 g/mol. The van der Waals surface area contributed by atoms with E-state index in [2.05, 4.69) is 29.1 Å². The minimum atomic E-state index is -4.41. The first-order valence-corrected chi connectivity index (χ1v) is 6.04. The Kier molecular flexibility index (Phi) is 5.53. The van der Waals surface area contributed by atoms with E-state index < -0.39 is 12.3 Å². The number of aromatic nitrogens is 2. The van der Waals surface area contributed by atoms with Gasteiger partial charge in [-0.15, -0.1) is 0 Å². The number of alkyl halides is 3. The zero-order chi connectivity index (χ0) is 14.5. The molecule has 0 saturated heterocycles. The lowest BCUT2D eigenvalue weighted by atomic mass is 10.2. The van der Waals surface area contributed by atoms with Crippen molar-refractivity contribution < 1.29 is 17.9 Å². The average Bonchev–Trinajstić information content (AvgIpc) is 2.27. The molecule has 0 aliphatic carbocycles. The van der Waals surface area contributed by atoms with Crippen LogP contribution >= 0.6 is 0 Å². The van der Waals surface area contributed by atoms with E-state index in [0.29, 0.717) is 18.2 Å². The molecular formula is C12H18F3N3O. The van der Waals surface area contributed by atoms with Crippen LogP contribution in [-0.2, 0) is 6.54 Å². The van der Waals surface area contributed by atoms with Crippen LogP contribution in [0.5, 0.6) is 5.88 Å². The third-order valence-electron chi connectivity index (χ3n) is 2.28. The Morgan fingerprint density at radius 1 is 1.26 bits per heavy atom. The largest absolute Gasteiger partial charge is 0.464 e. The van der Waals surface area contributed by atoms with Gasteiger partial charge in [0.1, 0.15) is 0 Å². The van der Waals surface area contributed by atoms with Crippen molar-refractivity contribution in [1.82, 2.24) is 15.3 Å². The molecule has 0 bridgehead atoms. The lowest BCUT2D eigenvalue weighted by molar-refractivity contribution is -0.190. The number of ether oxygens (including phenoxy) is 1. The van der Waals surface area contributed by atoms with Gasteiger partial charge in [-0.2, -0.15) is 13.2 Å². The summed E-state index contributed by atoms with van der Waals surface area (Å²) in [5.74, 6) is 0.367. The first-order valence-electron chi connectivity index (χ1n) is 6.04. The van der Waals surface area contributed by atoms with Crippen molar-refractivity contribution >= 4 is 0 Å². The summed E-state index contributed by atoms with van der Waals surface area (Å²) in [5.41, 5.74) is 0.549. The lowest BCUT2D eigenvalue weighted by Crippen LogP contribution is -2.31. The van der Waals surface area contributed by atoms with Crippen molar-refractivity contribution in [3.8, 4) is 5.88 Å². The van der Waals surface area contributed by atoms with E-state index in [-0.39, 0.29) is 5.88 Å². The first-order chi connectivity index (χ1) is 8.79. The topological polar surface area (TPSA) is 47.0 Å². The summed E-state index contributed by atoms with van der Waals surface area (Å²) in [4.78, 5) is 7.80. The van der Waals surface area contributed by atoms with Gasteiger partial charge in [-0.05, 0) is 19.4 Å². The third kappa shape index (κ3) is 5.87. The van der Waals surface area contributed by atoms with Gasteiger partial charge < -0.3 is 10.1 Å². The number of hydrogen-bond donors (Lipinski definition) is 1. The molecule has 1 aromatic rings. The van der Waals surface area contributed by atoms with Crippen LogP contribution in [0.25, 0.3) is 0 Å². The Balaban J connectivity index is 2.57. The molecule has 0 spiro atoms. The lowest BCUT2D eigenvalue weighted by Gasteiger charge is -2.17. The highest BCUT2D eigenvalue weighted by molar-refractivity contribution is 5.08. The zero-order valence-electron chi connectivity index (χ0n) is 11.2. The van der Waals surface area contributed by atoms with Crippen LogP contribution in [0, 0.1) is 5.92 Å². The maximum Gasteiger partial charge on any atom is 0.425 e. The fourth-order valence-corrected chi connectivity index (χ4v) is 1.27. The Morgan fingerprint density at radius 2 is 1.95 bits per heavy atom. The molecule has 0 aliphatic heterocycles. The molecule has 108 valence electrons. The van der Waals surface area contributed by atoms with E-state index in [0.717, 1.165) is 13.5 Å². The fraction of sp³-hybridized carbons (Fsp3) is 0.667. The molecule has 1 rings (SSSR count). The van der Waals surface area contributed by atoms with Gasteiger partial charge in [0.05, 0.1) is 11.9 Å². The van der Waals surface area contributed by atoms with Crippen LogP contribution in [0.2, 0.25) is 0 Å². The van der Waals surface area contributed by atoms with Crippen molar-refractivity contribution in [2.45, 2.75) is 39.6 Å². The normalized spacial score (nSPS) is 13.6. The van der Waals surface area contributed by atoms with Gasteiger partial charge in [-0.25, -0.2) is 4.98 Å². The molecular weight excluding hydrogens is 259 g/mol. The number of rotatable bonds is 6. The predicted molar refractivity (Wildman–Crippen MR) is 64.7 cm³/mol. The van der Waals surface area contributed by atoms with Gasteiger partial charge in [0.15, 0.2) is 6.10 Å². The number of nitrogens with zero attached hydrogens (tertiary/aromatic N) is 2. The molecule has 1 unspecified atom stereocenters. The number of nitrogens with one attached hydrogen (secondary N) is 1. The predicted octanol–water partition coefficient (Wildman–Crippen LogP) is 2.55. The van der Waals surface area contributed by atoms with Crippen LogP contribution in [0.15, 0.2) is 12.4 Å². The molecule has 19 heavy (non-hydrogen) atoms. The summed E-state index contributed by atoms with van der Waals surface area (Å²) in [6.45, 7) is 6.30.